The second-order valence-electron chi connectivity index (χ2n) is 9.92. The van der Waals surface area contributed by atoms with E-state index in [-0.39, 0.29) is 11.9 Å². The molecule has 5 aromatic rings. The third-order valence-corrected chi connectivity index (χ3v) is 7.56. The first kappa shape index (κ1) is 23.0. The van der Waals surface area contributed by atoms with Crippen LogP contribution in [0, 0.1) is 13.8 Å². The highest BCUT2D eigenvalue weighted by atomic mass is 16.5. The summed E-state index contributed by atoms with van der Waals surface area (Å²) in [6.07, 6.45) is 1.01. The lowest BCUT2D eigenvalue weighted by molar-refractivity contribution is 0.0502. The maximum atomic E-state index is 13.2. The van der Waals surface area contributed by atoms with Gasteiger partial charge >= 0.3 is 0 Å². The number of hydrogen-bond donors (Lipinski definition) is 1. The highest BCUT2D eigenvalue weighted by molar-refractivity contribution is 6.20. The minimum atomic E-state index is -0.523. The SMILES string of the molecule is Cc1noc(C)c1-c1cc(C(N)=O)c2c3cc(C(=O)N4CCC4C)ccc3n(Cc3ccccc3)c2c1. The molecule has 0 saturated carbocycles. The van der Waals surface area contributed by atoms with Gasteiger partial charge in [0, 0.05) is 52.1 Å². The first-order valence-electron chi connectivity index (χ1n) is 12.5. The number of rotatable bonds is 5. The third kappa shape index (κ3) is 3.69. The van der Waals surface area contributed by atoms with Crippen LogP contribution in [0.1, 0.15) is 51.1 Å². The molecule has 1 aliphatic heterocycles. The molecule has 186 valence electrons. The Hall–Kier alpha value is -4.39. The van der Waals surface area contributed by atoms with E-state index in [0.29, 0.717) is 23.4 Å². The lowest BCUT2D eigenvalue weighted by atomic mass is 9.96. The molecular formula is C30H28N4O3. The van der Waals surface area contributed by atoms with E-state index in [2.05, 4.69) is 34.8 Å². The molecule has 1 fully saturated rings. The zero-order chi connectivity index (χ0) is 25.8. The smallest absolute Gasteiger partial charge is 0.254 e. The van der Waals surface area contributed by atoms with Crippen molar-refractivity contribution >= 4 is 33.6 Å². The van der Waals surface area contributed by atoms with E-state index >= 15 is 0 Å². The molecule has 3 aromatic carbocycles. The summed E-state index contributed by atoms with van der Waals surface area (Å²) in [5.74, 6) is 0.164. The minimum Gasteiger partial charge on any atom is -0.366 e. The Morgan fingerprint density at radius 1 is 1.05 bits per heavy atom. The predicted octanol–water partition coefficient (Wildman–Crippen LogP) is 5.45. The molecule has 3 heterocycles. The van der Waals surface area contributed by atoms with Gasteiger partial charge in [-0.2, -0.15) is 0 Å². The fourth-order valence-corrected chi connectivity index (χ4v) is 5.51. The quantitative estimate of drug-likeness (QED) is 0.353. The Kier molecular flexibility index (Phi) is 5.37. The Bertz CT molecular complexity index is 1680. The zero-order valence-corrected chi connectivity index (χ0v) is 21.1. The maximum absolute atomic E-state index is 13.2. The molecule has 7 heteroatoms. The summed E-state index contributed by atoms with van der Waals surface area (Å²) in [5, 5.41) is 5.69. The van der Waals surface area contributed by atoms with Gasteiger partial charge in [-0.05, 0) is 68.7 Å². The number of amides is 2. The number of aryl methyl sites for hydroxylation is 2. The number of aromatic nitrogens is 2. The maximum Gasteiger partial charge on any atom is 0.254 e. The Labute approximate surface area is 214 Å². The van der Waals surface area contributed by atoms with E-state index in [0.717, 1.165) is 57.2 Å². The molecule has 7 nitrogen and oxygen atoms in total. The molecule has 2 amide bonds. The standard InChI is InChI=1S/C30H28N4O3/c1-17-11-12-33(17)30(36)21-9-10-25-23(13-21)28-24(29(31)35)14-22(27-18(2)32-37-19(27)3)15-26(28)34(25)16-20-7-5-4-6-8-20/h4-10,13-15,17H,11-12,16H2,1-3H3,(H2,31,35). The summed E-state index contributed by atoms with van der Waals surface area (Å²) in [5.41, 5.74) is 12.3. The molecule has 1 unspecified atom stereocenters. The van der Waals surface area contributed by atoms with E-state index in [1.54, 1.807) is 0 Å². The largest absolute Gasteiger partial charge is 0.366 e. The highest BCUT2D eigenvalue weighted by Gasteiger charge is 2.30. The molecule has 2 N–H and O–H groups in total. The lowest BCUT2D eigenvalue weighted by Gasteiger charge is -2.38. The van der Waals surface area contributed by atoms with Crippen molar-refractivity contribution in [3.63, 3.8) is 0 Å². The molecule has 0 radical (unpaired) electrons. The predicted molar refractivity (Wildman–Crippen MR) is 144 cm³/mol. The van der Waals surface area contributed by atoms with Crippen LogP contribution in [0.3, 0.4) is 0 Å². The van der Waals surface area contributed by atoms with Crippen molar-refractivity contribution in [2.45, 2.75) is 39.8 Å². The van der Waals surface area contributed by atoms with Crippen molar-refractivity contribution in [3.05, 3.63) is 88.8 Å². The van der Waals surface area contributed by atoms with Crippen LogP contribution in [0.5, 0.6) is 0 Å². The van der Waals surface area contributed by atoms with Crippen molar-refractivity contribution in [1.29, 1.82) is 0 Å². The van der Waals surface area contributed by atoms with Crippen LogP contribution < -0.4 is 5.73 Å². The summed E-state index contributed by atoms with van der Waals surface area (Å²) >= 11 is 0. The Morgan fingerprint density at radius 2 is 1.84 bits per heavy atom. The summed E-state index contributed by atoms with van der Waals surface area (Å²) < 4.78 is 7.61. The first-order valence-corrected chi connectivity index (χ1v) is 12.5. The second kappa shape index (κ2) is 8.62. The fraction of sp³-hybridized carbons (Fsp3) is 0.233. The second-order valence-corrected chi connectivity index (χ2v) is 9.92. The minimum absolute atomic E-state index is 0.0116. The molecule has 1 atom stereocenters. The average molecular weight is 493 g/mol. The lowest BCUT2D eigenvalue weighted by Crippen LogP contribution is -2.49. The number of carbonyl (C=O) groups is 2. The number of hydrogen-bond acceptors (Lipinski definition) is 4. The number of primary amides is 1. The van der Waals surface area contributed by atoms with Gasteiger partial charge in [-0.3, -0.25) is 9.59 Å². The fourth-order valence-electron chi connectivity index (χ4n) is 5.51. The normalized spacial score (nSPS) is 15.3. The van der Waals surface area contributed by atoms with Gasteiger partial charge in [0.15, 0.2) is 0 Å². The van der Waals surface area contributed by atoms with Gasteiger partial charge in [0.1, 0.15) is 5.76 Å². The van der Waals surface area contributed by atoms with Gasteiger partial charge in [0.2, 0.25) is 5.91 Å². The molecule has 2 aromatic heterocycles. The van der Waals surface area contributed by atoms with Crippen molar-refractivity contribution < 1.29 is 14.1 Å². The van der Waals surface area contributed by atoms with Gasteiger partial charge in [0.05, 0.1) is 11.2 Å². The van der Waals surface area contributed by atoms with Gasteiger partial charge in [-0.15, -0.1) is 0 Å². The summed E-state index contributed by atoms with van der Waals surface area (Å²) in [7, 11) is 0. The molecule has 0 spiro atoms. The topological polar surface area (TPSA) is 94.4 Å². The highest BCUT2D eigenvalue weighted by Crippen LogP contribution is 2.38. The van der Waals surface area contributed by atoms with Crippen LogP contribution in [-0.4, -0.2) is 39.0 Å². The van der Waals surface area contributed by atoms with Gasteiger partial charge < -0.3 is 19.7 Å². The summed E-state index contributed by atoms with van der Waals surface area (Å²) in [6.45, 7) is 7.17. The molecule has 0 aliphatic carbocycles. The van der Waals surface area contributed by atoms with Crippen molar-refractivity contribution in [2.24, 2.45) is 5.73 Å². The number of nitrogens with zero attached hydrogens (tertiary/aromatic N) is 3. The average Bonchev–Trinajstić information content (AvgIpc) is 3.38. The van der Waals surface area contributed by atoms with Gasteiger partial charge in [0.25, 0.3) is 5.91 Å². The van der Waals surface area contributed by atoms with E-state index < -0.39 is 5.91 Å². The van der Waals surface area contributed by atoms with Crippen LogP contribution in [0.4, 0.5) is 0 Å². The monoisotopic (exact) mass is 492 g/mol. The van der Waals surface area contributed by atoms with E-state index in [1.807, 2.05) is 61.2 Å². The number of fused-ring (bicyclic) bond motifs is 3. The molecule has 1 aliphatic rings. The van der Waals surface area contributed by atoms with Crippen molar-refractivity contribution in [2.75, 3.05) is 6.54 Å². The summed E-state index contributed by atoms with van der Waals surface area (Å²) in [6, 6.07) is 20.1. The van der Waals surface area contributed by atoms with Gasteiger partial charge in [-0.25, -0.2) is 0 Å². The Morgan fingerprint density at radius 3 is 2.46 bits per heavy atom. The number of carbonyl (C=O) groups excluding carboxylic acids is 2. The van der Waals surface area contributed by atoms with Crippen LogP contribution in [-0.2, 0) is 6.54 Å². The molecule has 0 bridgehead atoms. The number of nitrogens with two attached hydrogens (primary N) is 1. The van der Waals surface area contributed by atoms with Crippen LogP contribution in [0.15, 0.2) is 65.2 Å². The molecule has 1 saturated heterocycles. The molecule has 6 rings (SSSR count). The van der Waals surface area contributed by atoms with E-state index in [4.69, 9.17) is 10.3 Å². The Balaban J connectivity index is 1.65. The van der Waals surface area contributed by atoms with Gasteiger partial charge in [-0.1, -0.05) is 35.5 Å². The molecular weight excluding hydrogens is 464 g/mol. The van der Waals surface area contributed by atoms with E-state index in [9.17, 15) is 9.59 Å². The van der Waals surface area contributed by atoms with Crippen LogP contribution >= 0.6 is 0 Å². The summed E-state index contributed by atoms with van der Waals surface area (Å²) in [4.78, 5) is 28.0. The zero-order valence-electron chi connectivity index (χ0n) is 21.1. The van der Waals surface area contributed by atoms with Crippen molar-refractivity contribution in [1.82, 2.24) is 14.6 Å². The first-order chi connectivity index (χ1) is 17.8. The number of benzene rings is 3. The third-order valence-electron chi connectivity index (χ3n) is 7.56. The van der Waals surface area contributed by atoms with Crippen LogP contribution in [0.25, 0.3) is 32.9 Å². The van der Waals surface area contributed by atoms with Crippen LogP contribution in [0.2, 0.25) is 0 Å². The number of likely N-dealkylation sites (tertiary alicyclic amines) is 1. The van der Waals surface area contributed by atoms with Crippen molar-refractivity contribution in [3.8, 4) is 11.1 Å². The molecule has 37 heavy (non-hydrogen) atoms. The van der Waals surface area contributed by atoms with E-state index in [1.165, 1.54) is 0 Å².